The number of aromatic nitrogens is 3. The van der Waals surface area contributed by atoms with E-state index in [9.17, 15) is 10.0 Å². The second-order valence-electron chi connectivity index (χ2n) is 8.66. The highest BCUT2D eigenvalue weighted by molar-refractivity contribution is 6.05. The average Bonchev–Trinajstić information content (AvgIpc) is 3.12. The molecule has 7 heteroatoms. The van der Waals surface area contributed by atoms with Crippen LogP contribution in [-0.4, -0.2) is 35.0 Å². The maximum Gasteiger partial charge on any atom is 0.325 e. The Morgan fingerprint density at radius 1 is 1.23 bits per heavy atom. The molecule has 158 valence electrons. The van der Waals surface area contributed by atoms with E-state index in [-0.39, 0.29) is 11.6 Å². The molecule has 3 aromatic rings. The summed E-state index contributed by atoms with van der Waals surface area (Å²) in [4.78, 5) is 14.8. The largest absolute Gasteiger partial charge is 0.376 e. The molecular weight excluding hydrogens is 378 g/mol. The fraction of sp³-hybridized carbons (Fsp3) is 0.435. The van der Waals surface area contributed by atoms with Gasteiger partial charge in [0.2, 0.25) is 5.69 Å². The molecule has 0 aliphatic heterocycles. The third kappa shape index (κ3) is 3.84. The maximum atomic E-state index is 12.9. The van der Waals surface area contributed by atoms with Crippen LogP contribution < -0.4 is 14.9 Å². The first-order valence-corrected chi connectivity index (χ1v) is 10.6. The van der Waals surface area contributed by atoms with Gasteiger partial charge in [0.05, 0.1) is 22.9 Å². The third-order valence-electron chi connectivity index (χ3n) is 6.12. The van der Waals surface area contributed by atoms with Gasteiger partial charge < -0.3 is 10.2 Å². The van der Waals surface area contributed by atoms with Gasteiger partial charge in [-0.1, -0.05) is 6.92 Å². The van der Waals surface area contributed by atoms with Crippen molar-refractivity contribution in [2.24, 2.45) is 5.92 Å². The number of nitrogens with zero attached hydrogens (tertiary/aromatic N) is 4. The van der Waals surface area contributed by atoms with E-state index in [2.05, 4.69) is 23.1 Å². The Labute approximate surface area is 176 Å². The third-order valence-corrected chi connectivity index (χ3v) is 6.12. The molecule has 1 fully saturated rings. The van der Waals surface area contributed by atoms with E-state index < -0.39 is 0 Å². The predicted molar refractivity (Wildman–Crippen MR) is 117 cm³/mol. The van der Waals surface area contributed by atoms with Gasteiger partial charge in [-0.15, -0.1) is 0 Å². The van der Waals surface area contributed by atoms with Crippen molar-refractivity contribution in [2.45, 2.75) is 45.6 Å². The molecule has 2 N–H and O–H groups in total. The summed E-state index contributed by atoms with van der Waals surface area (Å²) in [6.45, 7) is 4.06. The molecule has 7 nitrogen and oxygen atoms in total. The van der Waals surface area contributed by atoms with E-state index >= 15 is 0 Å². The number of anilines is 2. The van der Waals surface area contributed by atoms with Crippen LogP contribution in [0, 0.1) is 12.8 Å². The van der Waals surface area contributed by atoms with Crippen LogP contribution in [0.3, 0.4) is 0 Å². The Balaban J connectivity index is 1.67. The lowest BCUT2D eigenvalue weighted by molar-refractivity contribution is -0.909. The summed E-state index contributed by atoms with van der Waals surface area (Å²) in [6.07, 6.45) is 6.88. The molecule has 0 radical (unpaired) electrons. The smallest absolute Gasteiger partial charge is 0.325 e. The van der Waals surface area contributed by atoms with Crippen LogP contribution in [0.15, 0.2) is 36.5 Å². The quantitative estimate of drug-likeness (QED) is 0.507. The van der Waals surface area contributed by atoms with Crippen LogP contribution in [0.5, 0.6) is 0 Å². The van der Waals surface area contributed by atoms with Gasteiger partial charge in [-0.2, -0.15) is 5.10 Å². The van der Waals surface area contributed by atoms with Crippen molar-refractivity contribution in [3.63, 3.8) is 0 Å². The Kier molecular flexibility index (Phi) is 5.37. The molecule has 2 aromatic heterocycles. The summed E-state index contributed by atoms with van der Waals surface area (Å²) >= 11 is 0. The molecule has 0 bridgehead atoms. The number of nitrogens with one attached hydrogen (secondary N) is 1. The van der Waals surface area contributed by atoms with Gasteiger partial charge in [0.25, 0.3) is 0 Å². The highest BCUT2D eigenvalue weighted by Crippen LogP contribution is 2.34. The zero-order chi connectivity index (χ0) is 21.4. The normalized spacial score (nSPS) is 19.1. The zero-order valence-corrected chi connectivity index (χ0v) is 18.1. The molecule has 0 spiro atoms. The van der Waals surface area contributed by atoms with Gasteiger partial charge in [0.15, 0.2) is 0 Å². The minimum atomic E-state index is -0.364. The monoisotopic (exact) mass is 408 g/mol. The van der Waals surface area contributed by atoms with E-state index in [0.29, 0.717) is 17.4 Å². The molecule has 1 saturated carbocycles. The van der Waals surface area contributed by atoms with E-state index in [1.165, 1.54) is 12.8 Å². The van der Waals surface area contributed by atoms with Crippen LogP contribution in [0.1, 0.15) is 54.8 Å². The fourth-order valence-corrected chi connectivity index (χ4v) is 4.21. The van der Waals surface area contributed by atoms with E-state index in [1.807, 2.05) is 31.1 Å². The van der Waals surface area contributed by atoms with E-state index in [4.69, 9.17) is 5.10 Å². The second kappa shape index (κ2) is 7.97. The standard InChI is InChI=1S/C23H29N5O2/c1-15-8-10-18(11-9-15)27-14-17-12-20(22(26(3)4)13-19(17)25-27)24-23(29)21-7-5-6-16(2)28(21)30/h5-7,12-15,18H,8-11H2,1-4H3,(H-,24,29,30)/p+1/t15-,18-. The molecular formula is C23H30N5O2+. The highest BCUT2D eigenvalue weighted by Gasteiger charge is 2.24. The molecule has 1 aliphatic rings. The first-order chi connectivity index (χ1) is 14.3. The lowest BCUT2D eigenvalue weighted by Crippen LogP contribution is -2.42. The van der Waals surface area contributed by atoms with E-state index in [0.717, 1.165) is 40.1 Å². The Morgan fingerprint density at radius 3 is 2.67 bits per heavy atom. The van der Waals surface area contributed by atoms with Crippen molar-refractivity contribution in [1.82, 2.24) is 9.78 Å². The minimum Gasteiger partial charge on any atom is -0.376 e. The fourth-order valence-electron chi connectivity index (χ4n) is 4.21. The number of fused-ring (bicyclic) bond motifs is 1. The van der Waals surface area contributed by atoms with Crippen molar-refractivity contribution >= 4 is 28.2 Å². The number of pyridine rings is 1. The molecule has 0 atom stereocenters. The van der Waals surface area contributed by atoms with Gasteiger partial charge in [-0.25, -0.2) is 0 Å². The molecule has 1 amide bonds. The Hall–Kier alpha value is -3.09. The molecule has 0 saturated heterocycles. The lowest BCUT2D eigenvalue weighted by Gasteiger charge is -2.26. The minimum absolute atomic E-state index is 0.187. The van der Waals surface area contributed by atoms with Crippen molar-refractivity contribution in [2.75, 3.05) is 24.3 Å². The van der Waals surface area contributed by atoms with Gasteiger partial charge in [0.1, 0.15) is 0 Å². The number of aryl methyl sites for hydroxylation is 1. The maximum absolute atomic E-state index is 12.9. The number of carbonyl (C=O) groups is 1. The first-order valence-electron chi connectivity index (χ1n) is 10.6. The zero-order valence-electron chi connectivity index (χ0n) is 18.1. The number of benzene rings is 1. The number of carbonyl (C=O) groups excluding carboxylic acids is 1. The molecule has 2 heterocycles. The summed E-state index contributed by atoms with van der Waals surface area (Å²) in [5.41, 5.74) is 3.26. The van der Waals surface area contributed by atoms with Crippen LogP contribution in [-0.2, 0) is 0 Å². The van der Waals surface area contributed by atoms with Crippen molar-refractivity contribution in [3.05, 3.63) is 47.9 Å². The van der Waals surface area contributed by atoms with Crippen LogP contribution >= 0.6 is 0 Å². The number of hydrogen-bond acceptors (Lipinski definition) is 4. The van der Waals surface area contributed by atoms with Crippen LogP contribution in [0.2, 0.25) is 0 Å². The molecule has 1 aromatic carbocycles. The first kappa shape index (κ1) is 20.2. The second-order valence-corrected chi connectivity index (χ2v) is 8.66. The summed E-state index contributed by atoms with van der Waals surface area (Å²) in [6, 6.07) is 9.51. The van der Waals surface area contributed by atoms with Crippen molar-refractivity contribution in [3.8, 4) is 0 Å². The molecule has 0 unspecified atom stereocenters. The Morgan fingerprint density at radius 2 is 1.97 bits per heavy atom. The van der Waals surface area contributed by atoms with Gasteiger partial charge in [0, 0.05) is 49.5 Å². The summed E-state index contributed by atoms with van der Waals surface area (Å²) in [5, 5.41) is 19.0. The average molecular weight is 409 g/mol. The van der Waals surface area contributed by atoms with Crippen molar-refractivity contribution < 1.29 is 14.7 Å². The van der Waals surface area contributed by atoms with Crippen LogP contribution in [0.25, 0.3) is 10.9 Å². The Bertz CT molecular complexity index is 1080. The number of rotatable bonds is 4. The van der Waals surface area contributed by atoms with Gasteiger partial charge in [-0.3, -0.25) is 14.7 Å². The summed E-state index contributed by atoms with van der Waals surface area (Å²) in [7, 11) is 3.88. The SMILES string of the molecule is Cc1cccc(C(=O)Nc2cc3cn([C@H]4CC[C@H](C)CC4)nc3cc2N(C)C)[n+]1O. The highest BCUT2D eigenvalue weighted by atomic mass is 16.5. The lowest BCUT2D eigenvalue weighted by atomic mass is 9.87. The predicted octanol–water partition coefficient (Wildman–Crippen LogP) is 3.94. The molecule has 1 aliphatic carbocycles. The molecule has 4 rings (SSSR count). The van der Waals surface area contributed by atoms with Gasteiger partial charge >= 0.3 is 11.6 Å². The summed E-state index contributed by atoms with van der Waals surface area (Å²) < 4.78 is 3.01. The van der Waals surface area contributed by atoms with Crippen LogP contribution in [0.4, 0.5) is 11.4 Å². The van der Waals surface area contributed by atoms with Gasteiger partial charge in [-0.05, 0) is 49.8 Å². The topological polar surface area (TPSA) is 74.3 Å². The van der Waals surface area contributed by atoms with E-state index in [1.54, 1.807) is 25.1 Å². The number of hydrogen-bond donors (Lipinski definition) is 2. The summed E-state index contributed by atoms with van der Waals surface area (Å²) in [5.74, 6) is 0.432. The van der Waals surface area contributed by atoms with Crippen molar-refractivity contribution in [1.29, 1.82) is 0 Å². The molecule has 30 heavy (non-hydrogen) atoms. The number of amides is 1.